The van der Waals surface area contributed by atoms with Gasteiger partial charge in [-0.3, -0.25) is 4.79 Å². The Morgan fingerprint density at radius 1 is 0.724 bits per heavy atom. The second-order valence-corrected chi connectivity index (χ2v) is 19.7. The highest BCUT2D eigenvalue weighted by molar-refractivity contribution is 5.67. The summed E-state index contributed by atoms with van der Waals surface area (Å²) in [6, 6.07) is 0. The van der Waals surface area contributed by atoms with Gasteiger partial charge in [0.15, 0.2) is 11.6 Å². The average molecular weight is 817 g/mol. The van der Waals surface area contributed by atoms with Crippen molar-refractivity contribution in [3.8, 4) is 0 Å². The molecule has 11 aliphatic heterocycles. The van der Waals surface area contributed by atoms with Gasteiger partial charge in [0.05, 0.1) is 86.3 Å². The molecule has 11 heterocycles. The van der Waals surface area contributed by atoms with E-state index in [1.165, 1.54) is 0 Å². The van der Waals surface area contributed by atoms with E-state index in [9.17, 15) is 15.0 Å². The summed E-state index contributed by atoms with van der Waals surface area (Å²) in [6.45, 7) is 17.5. The van der Waals surface area contributed by atoms with Crippen LogP contribution in [0.15, 0.2) is 24.3 Å². The van der Waals surface area contributed by atoms with Crippen LogP contribution in [0.1, 0.15) is 105 Å². The molecule has 58 heavy (non-hydrogen) atoms. The molecule has 0 aromatic carbocycles. The third-order valence-corrected chi connectivity index (χ3v) is 15.2. The summed E-state index contributed by atoms with van der Waals surface area (Å²) >= 11 is 0. The number of hydrogen-bond donors (Lipinski definition) is 2. The van der Waals surface area contributed by atoms with Gasteiger partial charge >= 0.3 is 5.97 Å². The topological polar surface area (TPSA) is 159 Å². The maximum absolute atomic E-state index is 11.5. The minimum absolute atomic E-state index is 0.00215. The van der Waals surface area contributed by atoms with Gasteiger partial charge in [-0.25, -0.2) is 0 Å². The van der Waals surface area contributed by atoms with E-state index >= 15 is 0 Å². The van der Waals surface area contributed by atoms with Crippen molar-refractivity contribution in [3.05, 3.63) is 24.3 Å². The van der Waals surface area contributed by atoms with Crippen molar-refractivity contribution in [1.82, 2.24) is 0 Å². The second-order valence-electron chi connectivity index (χ2n) is 19.7. The van der Waals surface area contributed by atoms with E-state index < -0.39 is 35.9 Å². The smallest absolute Gasteiger partial charge is 0.305 e. The van der Waals surface area contributed by atoms with Crippen LogP contribution in [0.4, 0.5) is 0 Å². The molecular formula is C44H64O14. The molecule has 0 saturated carbocycles. The summed E-state index contributed by atoms with van der Waals surface area (Å²) < 4.78 is 71.5. The van der Waals surface area contributed by atoms with E-state index in [-0.39, 0.29) is 110 Å². The van der Waals surface area contributed by atoms with Crippen LogP contribution in [0.25, 0.3) is 0 Å². The molecule has 0 aliphatic carbocycles. The number of aliphatic carboxylic acids is 1. The maximum Gasteiger partial charge on any atom is 0.305 e. The predicted octanol–water partition coefficient (Wildman–Crippen LogP) is 4.51. The van der Waals surface area contributed by atoms with E-state index in [0.717, 1.165) is 49.7 Å². The molecule has 11 saturated heterocycles. The van der Waals surface area contributed by atoms with Gasteiger partial charge in [0.25, 0.3) is 0 Å². The monoisotopic (exact) mass is 816 g/mol. The van der Waals surface area contributed by atoms with Crippen LogP contribution < -0.4 is 0 Å². The largest absolute Gasteiger partial charge is 0.481 e. The Balaban J connectivity index is 0.725. The second kappa shape index (κ2) is 15.4. The van der Waals surface area contributed by atoms with Crippen molar-refractivity contribution in [3.63, 3.8) is 0 Å². The summed E-state index contributed by atoms with van der Waals surface area (Å²) in [7, 11) is 0. The standard InChI is InChI=1S/C44H64O14/c1-20-13-24(50-29(22(20)3)16-31-36(47)23(4)37-32(52-31)17-30-34(55-37)19-48-43(5,6)56-30)7-9-27-21(2)14-26(49-27)11-12-44-18-33-39(57-44)40-41(54-33)42(58-44)38-28(53-40)10-8-25(51-38)15-35(45)46/h20,23-34,36-42,47H,2-3,7-19H2,1,4-6H3,(H,45,46)/t20-,23-,24+,25?,26+,27?,28+,29?,30-,31+,32+,33?,34-,36-,37+,38+,39?,40+,41-,42+,44+/m1/s1. The molecule has 0 amide bonds. The number of carboxylic acid groups (broad SMARTS) is 1. The molecule has 0 spiro atoms. The Morgan fingerprint density at radius 3 is 2.31 bits per heavy atom. The molecule has 11 rings (SSSR count). The number of aliphatic hydroxyl groups is 1. The lowest BCUT2D eigenvalue weighted by Gasteiger charge is -2.53. The van der Waals surface area contributed by atoms with Crippen molar-refractivity contribution in [1.29, 1.82) is 0 Å². The number of carboxylic acids is 1. The fraction of sp³-hybridized carbons (Fsp3) is 0.886. The number of aliphatic hydroxyl groups excluding tert-OH is 1. The Hall–Kier alpha value is -1.53. The number of fused-ring (bicyclic) bond motifs is 3. The lowest BCUT2D eigenvalue weighted by atomic mass is 9.79. The number of carbonyl (C=O) groups is 1. The zero-order chi connectivity index (χ0) is 40.2. The molecule has 11 fully saturated rings. The highest BCUT2D eigenvalue weighted by Crippen LogP contribution is 2.54. The maximum atomic E-state index is 11.5. The van der Waals surface area contributed by atoms with Gasteiger partial charge in [0.2, 0.25) is 0 Å². The molecule has 21 atom stereocenters. The molecule has 0 radical (unpaired) electrons. The van der Waals surface area contributed by atoms with Gasteiger partial charge in [-0.1, -0.05) is 27.0 Å². The Bertz CT molecular complexity index is 1590. The fourth-order valence-electron chi connectivity index (χ4n) is 12.1. The third kappa shape index (κ3) is 7.46. The lowest BCUT2D eigenvalue weighted by Crippen LogP contribution is -2.63. The Morgan fingerprint density at radius 2 is 1.48 bits per heavy atom. The van der Waals surface area contributed by atoms with Crippen molar-refractivity contribution in [2.45, 2.75) is 226 Å². The SMILES string of the molecule is C=C1C[C@H](CC[C@@]23CC4O[C@H]5[C@@H](O2)[C@H]2OC(CC(=O)O)CC[C@@H]2O[C@H]5C4O3)OC1CC[C@H]1C[C@@H](C)C(=C)C(C[C@@H]2O[C@H]3C[C@H]4OC(C)(C)OC[C@H]4O[C@H]3[C@H](C)[C@H]2O)O1. The molecule has 11 aliphatic rings. The average Bonchev–Trinajstić information content (AvgIpc) is 3.76. The number of ether oxygens (including phenoxy) is 11. The van der Waals surface area contributed by atoms with Gasteiger partial charge in [-0.15, -0.1) is 0 Å². The summed E-state index contributed by atoms with van der Waals surface area (Å²) in [4.78, 5) is 11.5. The zero-order valence-corrected chi connectivity index (χ0v) is 34.4. The highest BCUT2D eigenvalue weighted by atomic mass is 16.8. The molecule has 2 N–H and O–H groups in total. The number of hydrogen-bond acceptors (Lipinski definition) is 13. The van der Waals surface area contributed by atoms with Crippen LogP contribution in [-0.4, -0.2) is 144 Å². The van der Waals surface area contributed by atoms with Crippen LogP contribution in [0, 0.1) is 11.8 Å². The van der Waals surface area contributed by atoms with Gasteiger partial charge in [-0.2, -0.15) is 0 Å². The minimum atomic E-state index is -0.866. The highest BCUT2D eigenvalue weighted by Gasteiger charge is 2.69. The first-order valence-electron chi connectivity index (χ1n) is 22.2. The van der Waals surface area contributed by atoms with E-state index in [2.05, 4.69) is 27.0 Å². The van der Waals surface area contributed by atoms with Crippen LogP contribution in [0.3, 0.4) is 0 Å². The van der Waals surface area contributed by atoms with Crippen LogP contribution in [0.2, 0.25) is 0 Å². The molecule has 14 nitrogen and oxygen atoms in total. The van der Waals surface area contributed by atoms with Gasteiger partial charge in [0, 0.05) is 31.6 Å². The Kier molecular flexibility index (Phi) is 10.7. The van der Waals surface area contributed by atoms with Gasteiger partial charge in [-0.05, 0) is 75.9 Å². The molecule has 5 unspecified atom stereocenters. The molecule has 324 valence electrons. The summed E-state index contributed by atoms with van der Waals surface area (Å²) in [6.07, 6.45) is 3.80. The van der Waals surface area contributed by atoms with Crippen molar-refractivity contribution < 1.29 is 67.1 Å². The van der Waals surface area contributed by atoms with E-state index in [1.807, 2.05) is 13.8 Å². The first-order valence-corrected chi connectivity index (χ1v) is 22.2. The summed E-state index contributed by atoms with van der Waals surface area (Å²) in [5.74, 6) is -2.19. The van der Waals surface area contributed by atoms with Crippen LogP contribution in [-0.2, 0) is 56.9 Å². The Labute approximate surface area is 341 Å². The van der Waals surface area contributed by atoms with Crippen LogP contribution in [0.5, 0.6) is 0 Å². The minimum Gasteiger partial charge on any atom is -0.481 e. The first kappa shape index (κ1) is 40.5. The van der Waals surface area contributed by atoms with Crippen molar-refractivity contribution in [2.24, 2.45) is 11.8 Å². The molecule has 14 heteroatoms. The van der Waals surface area contributed by atoms with E-state index in [1.54, 1.807) is 0 Å². The van der Waals surface area contributed by atoms with E-state index in [4.69, 9.17) is 52.1 Å². The summed E-state index contributed by atoms with van der Waals surface area (Å²) in [5, 5.41) is 20.9. The van der Waals surface area contributed by atoms with E-state index in [0.29, 0.717) is 38.7 Å². The third-order valence-electron chi connectivity index (χ3n) is 15.2. The van der Waals surface area contributed by atoms with Gasteiger partial charge < -0.3 is 62.3 Å². The zero-order valence-electron chi connectivity index (χ0n) is 34.4. The van der Waals surface area contributed by atoms with Crippen LogP contribution >= 0.6 is 0 Å². The lowest BCUT2D eigenvalue weighted by molar-refractivity contribution is -0.355. The van der Waals surface area contributed by atoms with Crippen molar-refractivity contribution in [2.75, 3.05) is 6.61 Å². The molecule has 6 bridgehead atoms. The predicted molar refractivity (Wildman–Crippen MR) is 204 cm³/mol. The normalized spacial score (nSPS) is 52.8. The van der Waals surface area contributed by atoms with Gasteiger partial charge in [0.1, 0.15) is 36.6 Å². The quantitative estimate of drug-likeness (QED) is 0.297. The molecule has 0 aromatic rings. The van der Waals surface area contributed by atoms with Crippen molar-refractivity contribution >= 4 is 5.97 Å². The molecular weight excluding hydrogens is 752 g/mol. The first-order chi connectivity index (χ1) is 27.7. The summed E-state index contributed by atoms with van der Waals surface area (Å²) in [5.41, 5.74) is 2.16. The molecule has 0 aromatic heterocycles. The number of rotatable bonds is 10. The fourth-order valence-corrected chi connectivity index (χ4v) is 12.1.